The monoisotopic (exact) mass is 393 g/mol. The number of amides is 2. The quantitative estimate of drug-likeness (QED) is 0.625. The zero-order valence-corrected chi connectivity index (χ0v) is 16.9. The fraction of sp³-hybridized carbons (Fsp3) is 0.737. The van der Waals surface area contributed by atoms with Gasteiger partial charge >= 0.3 is 0 Å². The van der Waals surface area contributed by atoms with E-state index in [1.807, 2.05) is 24.7 Å². The minimum Gasteiger partial charge on any atom is -0.388 e. The van der Waals surface area contributed by atoms with E-state index >= 15 is 0 Å². The van der Waals surface area contributed by atoms with Crippen molar-refractivity contribution in [3.8, 4) is 0 Å². The number of ether oxygens (including phenoxy) is 1. The molecule has 3 heterocycles. The van der Waals surface area contributed by atoms with Crippen LogP contribution in [-0.2, 0) is 27.9 Å². The molecular formula is C19H31N5O4. The molecule has 2 aliphatic rings. The van der Waals surface area contributed by atoms with Crippen molar-refractivity contribution in [1.29, 1.82) is 0 Å². The molecule has 9 heteroatoms. The number of carbonyl (C=O) groups excluding carboxylic acids is 2. The van der Waals surface area contributed by atoms with Crippen LogP contribution in [0.15, 0.2) is 12.4 Å². The second kappa shape index (κ2) is 8.18. The lowest BCUT2D eigenvalue weighted by atomic mass is 9.73. The van der Waals surface area contributed by atoms with Crippen LogP contribution in [0.5, 0.6) is 0 Å². The number of hydrogen-bond acceptors (Lipinski definition) is 6. The van der Waals surface area contributed by atoms with Gasteiger partial charge in [0, 0.05) is 46.1 Å². The first-order chi connectivity index (χ1) is 13.2. The Labute approximate surface area is 165 Å². The summed E-state index contributed by atoms with van der Waals surface area (Å²) in [7, 11) is 1.98. The second-order valence-electron chi connectivity index (χ2n) is 8.17. The van der Waals surface area contributed by atoms with Crippen LogP contribution >= 0.6 is 0 Å². The molecule has 1 spiro atoms. The van der Waals surface area contributed by atoms with E-state index in [4.69, 9.17) is 4.74 Å². The van der Waals surface area contributed by atoms with Gasteiger partial charge in [0.1, 0.15) is 11.9 Å². The number of hydrogen-bond donors (Lipinski definition) is 3. The first kappa shape index (κ1) is 20.8. The molecule has 0 unspecified atom stereocenters. The van der Waals surface area contributed by atoms with Crippen LogP contribution in [-0.4, -0.2) is 74.9 Å². The van der Waals surface area contributed by atoms with Crippen molar-refractivity contribution in [1.82, 2.24) is 25.1 Å². The lowest BCUT2D eigenvalue weighted by molar-refractivity contribution is -0.208. The maximum Gasteiger partial charge on any atom is 0.239 e. The molecule has 2 atom stereocenters. The molecule has 3 rings (SSSR count). The summed E-state index contributed by atoms with van der Waals surface area (Å²) in [4.78, 5) is 29.9. The van der Waals surface area contributed by atoms with Gasteiger partial charge in [0.05, 0.1) is 24.2 Å². The maximum absolute atomic E-state index is 12.2. The first-order valence-corrected chi connectivity index (χ1v) is 9.80. The highest BCUT2D eigenvalue weighted by Crippen LogP contribution is 2.40. The number of nitrogens with zero attached hydrogens (tertiary/aromatic N) is 3. The molecule has 9 nitrogen and oxygen atoms in total. The Balaban J connectivity index is 1.60. The van der Waals surface area contributed by atoms with Gasteiger partial charge in [-0.05, 0) is 26.2 Å². The van der Waals surface area contributed by atoms with Gasteiger partial charge in [-0.15, -0.1) is 0 Å². The molecule has 28 heavy (non-hydrogen) atoms. The number of likely N-dealkylation sites (tertiary alicyclic amines) is 1. The van der Waals surface area contributed by atoms with E-state index < -0.39 is 17.2 Å². The Kier molecular flexibility index (Phi) is 6.07. The molecule has 1 aromatic heterocycles. The molecule has 3 N–H and O–H groups in total. The molecule has 0 aliphatic carbocycles. The number of imidazole rings is 1. The van der Waals surface area contributed by atoms with Gasteiger partial charge in [-0.2, -0.15) is 0 Å². The number of nitrogens with one attached hydrogen (secondary N) is 2. The molecule has 0 aromatic carbocycles. The summed E-state index contributed by atoms with van der Waals surface area (Å²) in [5.74, 6) is 0.446. The third-order valence-electron chi connectivity index (χ3n) is 6.02. The predicted octanol–water partition coefficient (Wildman–Crippen LogP) is -0.453. The van der Waals surface area contributed by atoms with Crippen LogP contribution in [0.2, 0.25) is 0 Å². The normalized spacial score (nSPS) is 27.5. The smallest absolute Gasteiger partial charge is 0.239 e. The molecule has 0 saturated carbocycles. The van der Waals surface area contributed by atoms with Crippen molar-refractivity contribution in [3.05, 3.63) is 18.2 Å². The zero-order chi connectivity index (χ0) is 20.4. The van der Waals surface area contributed by atoms with Crippen molar-refractivity contribution in [2.45, 2.75) is 56.9 Å². The molecule has 0 radical (unpaired) electrons. The zero-order valence-electron chi connectivity index (χ0n) is 16.9. The minimum absolute atomic E-state index is 0.0943. The van der Waals surface area contributed by atoms with Gasteiger partial charge in [0.15, 0.2) is 0 Å². The first-order valence-electron chi connectivity index (χ1n) is 9.80. The summed E-state index contributed by atoms with van der Waals surface area (Å²) >= 11 is 0. The summed E-state index contributed by atoms with van der Waals surface area (Å²) in [6, 6.07) is 0. The van der Waals surface area contributed by atoms with Crippen molar-refractivity contribution in [2.24, 2.45) is 7.05 Å². The van der Waals surface area contributed by atoms with Crippen LogP contribution in [0.4, 0.5) is 0 Å². The maximum atomic E-state index is 12.2. The Hall–Kier alpha value is -1.97. The van der Waals surface area contributed by atoms with Gasteiger partial charge < -0.3 is 25.0 Å². The lowest BCUT2D eigenvalue weighted by Gasteiger charge is -2.53. The van der Waals surface area contributed by atoms with E-state index in [2.05, 4.69) is 20.5 Å². The number of aliphatic hydroxyl groups excluding tert-OH is 1. The van der Waals surface area contributed by atoms with Gasteiger partial charge in [-0.3, -0.25) is 14.5 Å². The number of piperidine rings is 1. The van der Waals surface area contributed by atoms with E-state index in [-0.39, 0.29) is 18.4 Å². The van der Waals surface area contributed by atoms with Gasteiger partial charge in [-0.25, -0.2) is 4.98 Å². The Morgan fingerprint density at radius 1 is 1.36 bits per heavy atom. The SMILES string of the molecule is CC(=O)NCC(=O)N[C@@]1(C)CCOC2(CCN(Cc3nccn3C)CC2)[C@@H]1O. The number of aliphatic hydroxyl groups is 1. The van der Waals surface area contributed by atoms with E-state index in [0.29, 0.717) is 25.9 Å². The molecule has 0 bridgehead atoms. The average molecular weight is 393 g/mol. The van der Waals surface area contributed by atoms with Crippen molar-refractivity contribution < 1.29 is 19.4 Å². The summed E-state index contributed by atoms with van der Waals surface area (Å²) in [6.45, 7) is 5.95. The van der Waals surface area contributed by atoms with Crippen LogP contribution < -0.4 is 10.6 Å². The highest BCUT2D eigenvalue weighted by Gasteiger charge is 2.53. The van der Waals surface area contributed by atoms with E-state index in [1.54, 1.807) is 6.20 Å². The predicted molar refractivity (Wildman–Crippen MR) is 102 cm³/mol. The summed E-state index contributed by atoms with van der Waals surface area (Å²) in [5.41, 5.74) is -1.44. The molecule has 1 aromatic rings. The Morgan fingerprint density at radius 2 is 2.07 bits per heavy atom. The number of rotatable bonds is 5. The number of carbonyl (C=O) groups is 2. The van der Waals surface area contributed by atoms with Crippen LogP contribution in [0, 0.1) is 0 Å². The summed E-state index contributed by atoms with van der Waals surface area (Å²) < 4.78 is 8.09. The Bertz CT molecular complexity index is 713. The average Bonchev–Trinajstić information content (AvgIpc) is 3.05. The molecule has 156 valence electrons. The molecular weight excluding hydrogens is 362 g/mol. The molecule has 2 amide bonds. The molecule has 2 saturated heterocycles. The Morgan fingerprint density at radius 3 is 2.68 bits per heavy atom. The highest BCUT2D eigenvalue weighted by atomic mass is 16.5. The standard InChI is InChI=1S/C19H31N5O4/c1-14(25)21-12-16(26)22-18(2)6-11-28-19(17(18)27)4-8-24(9-5-19)13-15-20-7-10-23(15)3/h7,10,17,27H,4-6,8-9,11-13H2,1-3H3,(H,21,25)(H,22,26)/t17-,18+/m1/s1. The van der Waals surface area contributed by atoms with Crippen molar-refractivity contribution in [2.75, 3.05) is 26.2 Å². The van der Waals surface area contributed by atoms with Crippen molar-refractivity contribution in [3.63, 3.8) is 0 Å². The molecule has 2 fully saturated rings. The summed E-state index contributed by atoms with van der Waals surface area (Å²) in [6.07, 6.45) is 4.82. The van der Waals surface area contributed by atoms with E-state index in [1.165, 1.54) is 6.92 Å². The fourth-order valence-electron chi connectivity index (χ4n) is 4.22. The largest absolute Gasteiger partial charge is 0.388 e. The van der Waals surface area contributed by atoms with Gasteiger partial charge in [0.25, 0.3) is 0 Å². The second-order valence-corrected chi connectivity index (χ2v) is 8.17. The van der Waals surface area contributed by atoms with E-state index in [0.717, 1.165) is 25.5 Å². The van der Waals surface area contributed by atoms with Crippen LogP contribution in [0.1, 0.15) is 38.9 Å². The fourth-order valence-corrected chi connectivity index (χ4v) is 4.22. The minimum atomic E-state index is -0.815. The third kappa shape index (κ3) is 4.37. The van der Waals surface area contributed by atoms with E-state index in [9.17, 15) is 14.7 Å². The topological polar surface area (TPSA) is 109 Å². The van der Waals surface area contributed by atoms with Crippen LogP contribution in [0.25, 0.3) is 0 Å². The van der Waals surface area contributed by atoms with Gasteiger partial charge in [-0.1, -0.05) is 0 Å². The molecule has 2 aliphatic heterocycles. The van der Waals surface area contributed by atoms with Crippen LogP contribution in [0.3, 0.4) is 0 Å². The summed E-state index contributed by atoms with van der Waals surface area (Å²) in [5, 5.41) is 16.6. The number of aryl methyl sites for hydroxylation is 1. The van der Waals surface area contributed by atoms with Crippen molar-refractivity contribution >= 4 is 11.8 Å². The number of aromatic nitrogens is 2. The third-order valence-corrected chi connectivity index (χ3v) is 6.02. The lowest BCUT2D eigenvalue weighted by Crippen LogP contribution is -2.69. The highest BCUT2D eigenvalue weighted by molar-refractivity contribution is 5.84. The van der Waals surface area contributed by atoms with Gasteiger partial charge in [0.2, 0.25) is 11.8 Å².